The van der Waals surface area contributed by atoms with Crippen molar-refractivity contribution in [2.24, 2.45) is 0 Å². The van der Waals surface area contributed by atoms with Gasteiger partial charge in [0.15, 0.2) is 5.03 Å². The molecule has 0 bridgehead atoms. The fourth-order valence-electron chi connectivity index (χ4n) is 1.72. The maximum atomic E-state index is 11.0. The summed E-state index contributed by atoms with van der Waals surface area (Å²) in [6.45, 7) is 9.84. The van der Waals surface area contributed by atoms with Gasteiger partial charge in [0.2, 0.25) is 5.95 Å². The lowest BCUT2D eigenvalue weighted by Crippen LogP contribution is -2.25. The first-order valence-electron chi connectivity index (χ1n) is 7.22. The molecule has 0 aliphatic rings. The van der Waals surface area contributed by atoms with Crippen LogP contribution in [0.25, 0.3) is 0 Å². The number of thioether (sulfide) groups is 1. The van der Waals surface area contributed by atoms with Crippen molar-refractivity contribution < 1.29 is 4.92 Å². The number of hydrogen-bond acceptors (Lipinski definition) is 7. The van der Waals surface area contributed by atoms with E-state index in [1.807, 2.05) is 6.92 Å². The van der Waals surface area contributed by atoms with Crippen LogP contribution in [-0.2, 0) is 0 Å². The van der Waals surface area contributed by atoms with Crippen LogP contribution in [0.5, 0.6) is 0 Å². The van der Waals surface area contributed by atoms with E-state index in [0.29, 0.717) is 11.0 Å². The fourth-order valence-corrected chi connectivity index (χ4v) is 2.69. The van der Waals surface area contributed by atoms with Crippen molar-refractivity contribution in [3.05, 3.63) is 16.3 Å². The summed E-state index contributed by atoms with van der Waals surface area (Å²) in [4.78, 5) is 21.1. The number of nitrogens with zero attached hydrogens (tertiary/aromatic N) is 4. The predicted octanol–water partition coefficient (Wildman–Crippen LogP) is 2.64. The molecule has 0 spiro atoms. The number of hydrogen-bond donors (Lipinski definition) is 1. The van der Waals surface area contributed by atoms with Gasteiger partial charge in [0.25, 0.3) is 0 Å². The summed E-state index contributed by atoms with van der Waals surface area (Å²) in [5.41, 5.74) is -0.0263. The minimum Gasteiger partial charge on any atom is -0.354 e. The molecule has 1 aromatic rings. The number of nitro groups is 1. The average Bonchev–Trinajstić information content (AvgIpc) is 2.49. The Morgan fingerprint density at radius 1 is 1.38 bits per heavy atom. The normalized spacial score (nSPS) is 10.9. The van der Waals surface area contributed by atoms with E-state index in [4.69, 9.17) is 0 Å². The molecule has 0 radical (unpaired) electrons. The van der Waals surface area contributed by atoms with Crippen LogP contribution in [0.1, 0.15) is 27.2 Å². The van der Waals surface area contributed by atoms with Crippen LogP contribution < -0.4 is 5.32 Å². The largest absolute Gasteiger partial charge is 0.354 e. The summed E-state index contributed by atoms with van der Waals surface area (Å²) in [6.07, 6.45) is 2.23. The highest BCUT2D eigenvalue weighted by Crippen LogP contribution is 2.27. The first-order valence-corrected chi connectivity index (χ1v) is 8.21. The van der Waals surface area contributed by atoms with Crippen LogP contribution in [0.3, 0.4) is 0 Å². The molecule has 1 heterocycles. The molecule has 1 aromatic heterocycles. The third-order valence-electron chi connectivity index (χ3n) is 3.01. The monoisotopic (exact) mass is 313 g/mol. The fraction of sp³-hybridized carbons (Fsp3) is 0.692. The molecule has 8 heteroatoms. The molecule has 0 fully saturated rings. The lowest BCUT2D eigenvalue weighted by Gasteiger charge is -2.17. The Morgan fingerprint density at radius 3 is 2.67 bits per heavy atom. The minimum absolute atomic E-state index is 0.0263. The second kappa shape index (κ2) is 9.51. The van der Waals surface area contributed by atoms with Crippen molar-refractivity contribution in [1.29, 1.82) is 0 Å². The smallest absolute Gasteiger partial charge is 0.319 e. The van der Waals surface area contributed by atoms with Gasteiger partial charge in [0.05, 0.1) is 4.92 Å². The molecule has 7 nitrogen and oxygen atoms in total. The summed E-state index contributed by atoms with van der Waals surface area (Å²) < 4.78 is 0. The van der Waals surface area contributed by atoms with Crippen LogP contribution in [0, 0.1) is 10.1 Å². The van der Waals surface area contributed by atoms with Gasteiger partial charge in [-0.3, -0.25) is 10.1 Å². The van der Waals surface area contributed by atoms with E-state index in [1.54, 1.807) is 0 Å². The van der Waals surface area contributed by atoms with Crippen LogP contribution >= 0.6 is 11.8 Å². The zero-order valence-electron chi connectivity index (χ0n) is 12.8. The summed E-state index contributed by atoms with van der Waals surface area (Å²) >= 11 is 1.41. The first-order chi connectivity index (χ1) is 10.1. The lowest BCUT2D eigenvalue weighted by atomic mass is 10.5. The molecule has 1 rings (SSSR count). The molecule has 0 aromatic carbocycles. The van der Waals surface area contributed by atoms with Crippen molar-refractivity contribution in [1.82, 2.24) is 14.9 Å². The van der Waals surface area contributed by atoms with Crippen LogP contribution in [-0.4, -0.2) is 51.7 Å². The van der Waals surface area contributed by atoms with Gasteiger partial charge < -0.3 is 10.2 Å². The number of aromatic nitrogens is 2. The van der Waals surface area contributed by atoms with Gasteiger partial charge in [-0.2, -0.15) is 4.98 Å². The third-order valence-corrected chi connectivity index (χ3v) is 3.97. The van der Waals surface area contributed by atoms with Gasteiger partial charge in [-0.05, 0) is 19.5 Å². The van der Waals surface area contributed by atoms with Crippen molar-refractivity contribution in [3.63, 3.8) is 0 Å². The molecule has 21 heavy (non-hydrogen) atoms. The molecule has 1 N–H and O–H groups in total. The minimum atomic E-state index is -0.427. The van der Waals surface area contributed by atoms with Gasteiger partial charge in [0, 0.05) is 18.8 Å². The SMILES string of the molecule is CCCNc1ncc([N+](=O)[O-])c(SCCN(CC)CC)n1. The van der Waals surface area contributed by atoms with E-state index in [9.17, 15) is 10.1 Å². The highest BCUT2D eigenvalue weighted by molar-refractivity contribution is 7.99. The second-order valence-electron chi connectivity index (χ2n) is 4.44. The molecule has 0 saturated carbocycles. The first kappa shape index (κ1) is 17.6. The third kappa shape index (κ3) is 5.84. The molecular formula is C13H23N5O2S. The van der Waals surface area contributed by atoms with E-state index in [-0.39, 0.29) is 5.69 Å². The van der Waals surface area contributed by atoms with Crippen LogP contribution in [0.15, 0.2) is 11.2 Å². The maximum Gasteiger partial charge on any atom is 0.319 e. The number of nitrogens with one attached hydrogen (secondary N) is 1. The molecule has 0 saturated heterocycles. The Morgan fingerprint density at radius 2 is 2.10 bits per heavy atom. The van der Waals surface area contributed by atoms with E-state index >= 15 is 0 Å². The zero-order chi connectivity index (χ0) is 15.7. The Kier molecular flexibility index (Phi) is 7.99. The maximum absolute atomic E-state index is 11.0. The quantitative estimate of drug-likeness (QED) is 0.307. The van der Waals surface area contributed by atoms with E-state index in [1.165, 1.54) is 18.0 Å². The zero-order valence-corrected chi connectivity index (χ0v) is 13.7. The van der Waals surface area contributed by atoms with Crippen molar-refractivity contribution in [3.8, 4) is 0 Å². The van der Waals surface area contributed by atoms with Crippen molar-refractivity contribution in [2.75, 3.05) is 37.2 Å². The molecule has 0 amide bonds. The Balaban J connectivity index is 2.73. The average molecular weight is 313 g/mol. The highest BCUT2D eigenvalue weighted by Gasteiger charge is 2.17. The van der Waals surface area contributed by atoms with Crippen LogP contribution in [0.2, 0.25) is 0 Å². The van der Waals surface area contributed by atoms with Crippen molar-refractivity contribution in [2.45, 2.75) is 32.2 Å². The van der Waals surface area contributed by atoms with E-state index < -0.39 is 4.92 Å². The Bertz CT molecular complexity index is 454. The van der Waals surface area contributed by atoms with Gasteiger partial charge in [0.1, 0.15) is 6.20 Å². The van der Waals surface area contributed by atoms with Crippen LogP contribution in [0.4, 0.5) is 11.6 Å². The topological polar surface area (TPSA) is 84.2 Å². The Hall–Kier alpha value is -1.41. The standard InChI is InChI=1S/C13H23N5O2S/c1-4-7-14-13-15-10-11(18(19)20)12(16-13)21-9-8-17(5-2)6-3/h10H,4-9H2,1-3H3,(H,14,15,16). The predicted molar refractivity (Wildman–Crippen MR) is 86.0 cm³/mol. The van der Waals surface area contributed by atoms with E-state index in [2.05, 4.69) is 34.0 Å². The van der Waals surface area contributed by atoms with Gasteiger partial charge in [-0.1, -0.05) is 32.5 Å². The molecule has 118 valence electrons. The summed E-state index contributed by atoms with van der Waals surface area (Å²) in [5.74, 6) is 1.22. The summed E-state index contributed by atoms with van der Waals surface area (Å²) in [7, 11) is 0. The second-order valence-corrected chi connectivity index (χ2v) is 5.53. The lowest BCUT2D eigenvalue weighted by molar-refractivity contribution is -0.388. The molecule has 0 aliphatic heterocycles. The van der Waals surface area contributed by atoms with Gasteiger partial charge in [-0.25, -0.2) is 4.98 Å². The Labute approximate surface area is 129 Å². The van der Waals surface area contributed by atoms with Crippen molar-refractivity contribution >= 4 is 23.4 Å². The molecule has 0 unspecified atom stereocenters. The molecule has 0 aliphatic carbocycles. The summed E-state index contributed by atoms with van der Waals surface area (Å²) in [5, 5.41) is 14.5. The van der Waals surface area contributed by atoms with Gasteiger partial charge in [-0.15, -0.1) is 0 Å². The van der Waals surface area contributed by atoms with Gasteiger partial charge >= 0.3 is 5.69 Å². The molecule has 0 atom stereocenters. The highest BCUT2D eigenvalue weighted by atomic mass is 32.2. The molecular weight excluding hydrogens is 290 g/mol. The van der Waals surface area contributed by atoms with E-state index in [0.717, 1.165) is 38.4 Å². The number of rotatable bonds is 10. The summed E-state index contributed by atoms with van der Waals surface area (Å²) in [6, 6.07) is 0. The number of anilines is 1.